The highest BCUT2D eigenvalue weighted by molar-refractivity contribution is 7.99. The predicted molar refractivity (Wildman–Crippen MR) is 137 cm³/mol. The number of aromatic nitrogens is 3. The van der Waals surface area contributed by atoms with E-state index in [1.54, 1.807) is 27.5 Å². The molecule has 0 aliphatic carbocycles. The van der Waals surface area contributed by atoms with E-state index in [-0.39, 0.29) is 11.7 Å². The fraction of sp³-hybridized carbons (Fsp3) is 0.167. The van der Waals surface area contributed by atoms with Crippen LogP contribution in [0, 0.1) is 0 Å². The van der Waals surface area contributed by atoms with E-state index in [0.717, 1.165) is 10.6 Å². The highest BCUT2D eigenvalue weighted by Gasteiger charge is 2.21. The summed E-state index contributed by atoms with van der Waals surface area (Å²) in [6, 6.07) is 17.1. The number of nitrogens with one attached hydrogen (secondary N) is 1. The molecule has 0 saturated carbocycles. The zero-order valence-corrected chi connectivity index (χ0v) is 20.9. The van der Waals surface area contributed by atoms with Crippen LogP contribution >= 0.6 is 23.1 Å². The Morgan fingerprint density at radius 3 is 2.43 bits per heavy atom. The Bertz CT molecular complexity index is 1280. The number of hydrazone groups is 1. The summed E-state index contributed by atoms with van der Waals surface area (Å²) < 4.78 is 18.3. The van der Waals surface area contributed by atoms with Crippen LogP contribution in [0.5, 0.6) is 17.2 Å². The van der Waals surface area contributed by atoms with Gasteiger partial charge in [-0.1, -0.05) is 36.0 Å². The molecule has 0 radical (unpaired) electrons. The van der Waals surface area contributed by atoms with Crippen molar-refractivity contribution >= 4 is 35.2 Å². The predicted octanol–water partition coefficient (Wildman–Crippen LogP) is 4.26. The highest BCUT2D eigenvalue weighted by atomic mass is 32.2. The van der Waals surface area contributed by atoms with Crippen LogP contribution in [0.2, 0.25) is 0 Å². The van der Waals surface area contributed by atoms with Crippen molar-refractivity contribution in [3.63, 3.8) is 0 Å². The van der Waals surface area contributed by atoms with Gasteiger partial charge < -0.3 is 14.2 Å². The van der Waals surface area contributed by atoms with E-state index in [0.29, 0.717) is 33.8 Å². The van der Waals surface area contributed by atoms with Gasteiger partial charge in [0.2, 0.25) is 5.75 Å². The normalized spacial score (nSPS) is 10.9. The molecule has 2 aromatic carbocycles. The van der Waals surface area contributed by atoms with Gasteiger partial charge >= 0.3 is 0 Å². The number of benzene rings is 2. The summed E-state index contributed by atoms with van der Waals surface area (Å²) >= 11 is 2.80. The van der Waals surface area contributed by atoms with Gasteiger partial charge in [-0.15, -0.1) is 21.5 Å². The molecule has 0 unspecified atom stereocenters. The van der Waals surface area contributed by atoms with Crippen LogP contribution in [0.3, 0.4) is 0 Å². The van der Waals surface area contributed by atoms with Crippen LogP contribution in [0.25, 0.3) is 17.1 Å². The third kappa shape index (κ3) is 5.64. The smallest absolute Gasteiger partial charge is 0.250 e. The SMILES string of the molecule is COc1cc(-c2nnc(SCC(=O)NN=Cc3cccs3)n2-c2ccccc2)cc(OC)c1OC. The molecule has 0 aliphatic rings. The molecule has 2 heterocycles. The number of hydrogen-bond donors (Lipinski definition) is 1. The first-order valence-electron chi connectivity index (χ1n) is 10.4. The number of carbonyl (C=O) groups is 1. The highest BCUT2D eigenvalue weighted by Crippen LogP contribution is 2.41. The molecule has 0 saturated heterocycles. The molecule has 1 amide bonds. The number of carbonyl (C=O) groups excluding carboxylic acids is 1. The van der Waals surface area contributed by atoms with E-state index in [1.807, 2.05) is 64.5 Å². The summed E-state index contributed by atoms with van der Waals surface area (Å²) in [7, 11) is 4.67. The second kappa shape index (κ2) is 11.5. The molecule has 0 atom stereocenters. The van der Waals surface area contributed by atoms with E-state index in [2.05, 4.69) is 20.7 Å². The average molecular weight is 510 g/mol. The third-order valence-corrected chi connectivity index (χ3v) is 6.56. The summed E-state index contributed by atoms with van der Waals surface area (Å²) in [6.45, 7) is 0. The lowest BCUT2D eigenvalue weighted by Gasteiger charge is -2.15. The van der Waals surface area contributed by atoms with Crippen molar-refractivity contribution in [2.24, 2.45) is 5.10 Å². The summed E-state index contributed by atoms with van der Waals surface area (Å²) in [5.74, 6) is 1.91. The van der Waals surface area contributed by atoms with Gasteiger partial charge in [0.15, 0.2) is 22.5 Å². The quantitative estimate of drug-likeness (QED) is 0.194. The van der Waals surface area contributed by atoms with E-state index >= 15 is 0 Å². The number of thioether (sulfide) groups is 1. The second-order valence-corrected chi connectivity index (χ2v) is 8.91. The van der Waals surface area contributed by atoms with Crippen LogP contribution in [-0.2, 0) is 4.79 Å². The van der Waals surface area contributed by atoms with Crippen LogP contribution in [0.15, 0.2) is 70.2 Å². The maximum Gasteiger partial charge on any atom is 0.250 e. The zero-order chi connectivity index (χ0) is 24.6. The number of nitrogens with zero attached hydrogens (tertiary/aromatic N) is 4. The summed E-state index contributed by atoms with van der Waals surface area (Å²) in [4.78, 5) is 13.3. The van der Waals surface area contributed by atoms with Crippen molar-refractivity contribution in [2.45, 2.75) is 5.16 Å². The number of thiophene rings is 1. The van der Waals surface area contributed by atoms with Gasteiger partial charge in [-0.05, 0) is 35.7 Å². The molecule has 9 nitrogen and oxygen atoms in total. The summed E-state index contributed by atoms with van der Waals surface area (Å²) in [5.41, 5.74) is 4.11. The molecule has 1 N–H and O–H groups in total. The molecule has 0 fully saturated rings. The lowest BCUT2D eigenvalue weighted by atomic mass is 10.1. The Hall–Kier alpha value is -3.83. The number of amides is 1. The Morgan fingerprint density at radius 1 is 1.06 bits per heavy atom. The van der Waals surface area contributed by atoms with Crippen molar-refractivity contribution in [2.75, 3.05) is 27.1 Å². The molecule has 4 aromatic rings. The Labute approximate surface area is 210 Å². The minimum absolute atomic E-state index is 0.113. The van der Waals surface area contributed by atoms with Crippen molar-refractivity contribution < 1.29 is 19.0 Å². The second-order valence-electron chi connectivity index (χ2n) is 6.99. The number of hydrogen-bond acceptors (Lipinski definition) is 9. The number of rotatable bonds is 10. The number of ether oxygens (including phenoxy) is 3. The molecular formula is C24H23N5O4S2. The molecule has 0 aliphatic heterocycles. The first-order chi connectivity index (χ1) is 17.1. The van der Waals surface area contributed by atoms with Crippen molar-refractivity contribution in [1.29, 1.82) is 0 Å². The maximum absolute atomic E-state index is 12.4. The van der Waals surface area contributed by atoms with Crippen LogP contribution < -0.4 is 19.6 Å². The minimum Gasteiger partial charge on any atom is -0.493 e. The average Bonchev–Trinajstić information content (AvgIpc) is 3.57. The number of methoxy groups -OCH3 is 3. The molecule has 11 heteroatoms. The minimum atomic E-state index is -0.250. The first-order valence-corrected chi connectivity index (χ1v) is 12.3. The number of para-hydroxylation sites is 1. The standard InChI is InChI=1S/C24H23N5O4S2/c1-31-19-12-16(13-20(32-2)22(19)33-3)23-27-28-24(29(23)17-8-5-4-6-9-17)35-15-21(30)26-25-14-18-10-7-11-34-18/h4-14H,15H2,1-3H3,(H,26,30). The Balaban J connectivity index is 1.63. The third-order valence-electron chi connectivity index (χ3n) is 4.83. The van der Waals surface area contributed by atoms with Crippen molar-refractivity contribution in [1.82, 2.24) is 20.2 Å². The fourth-order valence-electron chi connectivity index (χ4n) is 3.27. The van der Waals surface area contributed by atoms with Crippen LogP contribution in [0.1, 0.15) is 4.88 Å². The van der Waals surface area contributed by atoms with Gasteiger partial charge in [0.25, 0.3) is 5.91 Å². The Morgan fingerprint density at radius 2 is 1.80 bits per heavy atom. The fourth-order valence-corrected chi connectivity index (χ4v) is 4.59. The van der Waals surface area contributed by atoms with Gasteiger partial charge in [0, 0.05) is 16.1 Å². The molecule has 0 spiro atoms. The van der Waals surface area contributed by atoms with E-state index < -0.39 is 0 Å². The zero-order valence-electron chi connectivity index (χ0n) is 19.3. The lowest BCUT2D eigenvalue weighted by molar-refractivity contribution is -0.118. The van der Waals surface area contributed by atoms with Crippen LogP contribution in [0.4, 0.5) is 0 Å². The van der Waals surface area contributed by atoms with E-state index in [4.69, 9.17) is 14.2 Å². The molecule has 180 valence electrons. The monoisotopic (exact) mass is 509 g/mol. The van der Waals surface area contributed by atoms with Gasteiger partial charge in [-0.25, -0.2) is 5.43 Å². The van der Waals surface area contributed by atoms with Gasteiger partial charge in [-0.3, -0.25) is 9.36 Å². The molecule has 2 aromatic heterocycles. The largest absolute Gasteiger partial charge is 0.493 e. The lowest BCUT2D eigenvalue weighted by Crippen LogP contribution is -2.19. The van der Waals surface area contributed by atoms with E-state index in [9.17, 15) is 4.79 Å². The molecule has 35 heavy (non-hydrogen) atoms. The summed E-state index contributed by atoms with van der Waals surface area (Å²) in [5, 5.41) is 15.3. The van der Waals surface area contributed by atoms with Gasteiger partial charge in [0.1, 0.15) is 0 Å². The maximum atomic E-state index is 12.4. The van der Waals surface area contributed by atoms with Crippen molar-refractivity contribution in [3.8, 4) is 34.3 Å². The topological polar surface area (TPSA) is 99.9 Å². The van der Waals surface area contributed by atoms with Gasteiger partial charge in [0.05, 0.1) is 33.3 Å². The molecule has 4 rings (SSSR count). The van der Waals surface area contributed by atoms with E-state index in [1.165, 1.54) is 23.1 Å². The molecule has 0 bridgehead atoms. The first kappa shape index (κ1) is 24.3. The van der Waals surface area contributed by atoms with Crippen molar-refractivity contribution in [3.05, 3.63) is 64.9 Å². The molecular weight excluding hydrogens is 486 g/mol. The van der Waals surface area contributed by atoms with Gasteiger partial charge in [-0.2, -0.15) is 5.10 Å². The Kier molecular flexibility index (Phi) is 8.01. The van der Waals surface area contributed by atoms with Crippen LogP contribution in [-0.4, -0.2) is 54.0 Å². The summed E-state index contributed by atoms with van der Waals surface area (Å²) in [6.07, 6.45) is 1.61.